The van der Waals surface area contributed by atoms with E-state index in [1.807, 2.05) is 18.7 Å². The number of anilines is 1. The molecule has 5 heteroatoms. The molecule has 2 rings (SSSR count). The van der Waals surface area contributed by atoms with Crippen LogP contribution in [0.1, 0.15) is 19.4 Å². The SMILES string of the molecule is CC(C)C(C(=O)NN)N1CCc2ccc(F)cc21. The van der Waals surface area contributed by atoms with E-state index in [1.54, 1.807) is 6.07 Å². The largest absolute Gasteiger partial charge is 0.359 e. The number of halogens is 1. The van der Waals surface area contributed by atoms with Crippen molar-refractivity contribution in [2.75, 3.05) is 11.4 Å². The molecule has 0 aromatic heterocycles. The van der Waals surface area contributed by atoms with E-state index in [2.05, 4.69) is 5.43 Å². The summed E-state index contributed by atoms with van der Waals surface area (Å²) in [5, 5.41) is 0. The number of hydrazine groups is 1. The standard InChI is InChI=1S/C13H18FN3O/c1-8(2)12(13(18)16-15)17-6-5-9-3-4-10(14)7-11(9)17/h3-4,7-8,12H,5-6,15H2,1-2H3,(H,16,18). The maximum absolute atomic E-state index is 13.3. The molecule has 1 aromatic carbocycles. The fourth-order valence-electron chi connectivity index (χ4n) is 2.56. The van der Waals surface area contributed by atoms with Crippen LogP contribution in [0.5, 0.6) is 0 Å². The van der Waals surface area contributed by atoms with Crippen LogP contribution in [0.15, 0.2) is 18.2 Å². The molecule has 0 saturated carbocycles. The summed E-state index contributed by atoms with van der Waals surface area (Å²) < 4.78 is 13.3. The maximum Gasteiger partial charge on any atom is 0.256 e. The molecule has 18 heavy (non-hydrogen) atoms. The summed E-state index contributed by atoms with van der Waals surface area (Å²) in [7, 11) is 0. The third-order valence-electron chi connectivity index (χ3n) is 3.36. The highest BCUT2D eigenvalue weighted by molar-refractivity contribution is 5.86. The summed E-state index contributed by atoms with van der Waals surface area (Å²) in [6.45, 7) is 4.63. The van der Waals surface area contributed by atoms with Crippen LogP contribution in [0.3, 0.4) is 0 Å². The molecule has 3 N–H and O–H groups in total. The van der Waals surface area contributed by atoms with Crippen LogP contribution in [0.25, 0.3) is 0 Å². The Kier molecular flexibility index (Phi) is 3.52. The van der Waals surface area contributed by atoms with Crippen LogP contribution in [0.4, 0.5) is 10.1 Å². The van der Waals surface area contributed by atoms with Crippen molar-refractivity contribution < 1.29 is 9.18 Å². The maximum atomic E-state index is 13.3. The van der Waals surface area contributed by atoms with Crippen LogP contribution in [-0.2, 0) is 11.2 Å². The second-order valence-corrected chi connectivity index (χ2v) is 4.91. The Labute approximate surface area is 106 Å². The molecule has 1 aliphatic heterocycles. The van der Waals surface area contributed by atoms with Gasteiger partial charge in [-0.2, -0.15) is 0 Å². The third-order valence-corrected chi connectivity index (χ3v) is 3.36. The number of benzene rings is 1. The number of hydrogen-bond donors (Lipinski definition) is 2. The van der Waals surface area contributed by atoms with Crippen LogP contribution >= 0.6 is 0 Å². The summed E-state index contributed by atoms with van der Waals surface area (Å²) in [4.78, 5) is 13.8. The minimum atomic E-state index is -0.363. The predicted molar refractivity (Wildman–Crippen MR) is 68.4 cm³/mol. The van der Waals surface area contributed by atoms with Crippen molar-refractivity contribution in [2.45, 2.75) is 26.3 Å². The van der Waals surface area contributed by atoms with Gasteiger partial charge >= 0.3 is 0 Å². The van der Waals surface area contributed by atoms with Gasteiger partial charge in [-0.3, -0.25) is 10.2 Å². The van der Waals surface area contributed by atoms with E-state index in [1.165, 1.54) is 12.1 Å². The molecule has 0 saturated heterocycles. The number of nitrogens with zero attached hydrogens (tertiary/aromatic N) is 1. The van der Waals surface area contributed by atoms with Gasteiger partial charge in [0.1, 0.15) is 11.9 Å². The van der Waals surface area contributed by atoms with Crippen LogP contribution in [0, 0.1) is 11.7 Å². The lowest BCUT2D eigenvalue weighted by atomic mass is 10.0. The number of carbonyl (C=O) groups is 1. The zero-order valence-corrected chi connectivity index (χ0v) is 10.6. The Morgan fingerprint density at radius 2 is 2.22 bits per heavy atom. The molecule has 1 aromatic rings. The normalized spacial score (nSPS) is 15.7. The molecule has 0 aliphatic carbocycles. The molecule has 0 fully saturated rings. The van der Waals surface area contributed by atoms with E-state index < -0.39 is 0 Å². The zero-order valence-electron chi connectivity index (χ0n) is 10.6. The number of nitrogens with one attached hydrogen (secondary N) is 1. The number of hydrogen-bond acceptors (Lipinski definition) is 3. The first-order chi connectivity index (χ1) is 8.54. The smallest absolute Gasteiger partial charge is 0.256 e. The van der Waals surface area contributed by atoms with Crippen molar-refractivity contribution >= 4 is 11.6 Å². The summed E-state index contributed by atoms with van der Waals surface area (Å²) in [6, 6.07) is 4.36. The molecule has 1 amide bonds. The van der Waals surface area contributed by atoms with Gasteiger partial charge in [0.2, 0.25) is 0 Å². The number of amides is 1. The zero-order chi connectivity index (χ0) is 13.3. The van der Waals surface area contributed by atoms with Crippen molar-refractivity contribution in [3.8, 4) is 0 Å². The molecule has 0 spiro atoms. The molecule has 1 atom stereocenters. The van der Waals surface area contributed by atoms with Crippen LogP contribution in [-0.4, -0.2) is 18.5 Å². The summed E-state index contributed by atoms with van der Waals surface area (Å²) in [5.41, 5.74) is 4.07. The molecular formula is C13H18FN3O. The second kappa shape index (κ2) is 4.94. The molecule has 0 radical (unpaired) electrons. The molecular weight excluding hydrogens is 233 g/mol. The highest BCUT2D eigenvalue weighted by atomic mass is 19.1. The molecule has 98 valence electrons. The van der Waals surface area contributed by atoms with Crippen molar-refractivity contribution in [2.24, 2.45) is 11.8 Å². The van der Waals surface area contributed by atoms with Gasteiger partial charge < -0.3 is 4.90 Å². The van der Waals surface area contributed by atoms with Crippen molar-refractivity contribution in [1.29, 1.82) is 0 Å². The van der Waals surface area contributed by atoms with Gasteiger partial charge in [0.05, 0.1) is 0 Å². The van der Waals surface area contributed by atoms with E-state index >= 15 is 0 Å². The molecule has 1 unspecified atom stereocenters. The van der Waals surface area contributed by atoms with E-state index in [0.29, 0.717) is 0 Å². The Morgan fingerprint density at radius 3 is 2.83 bits per heavy atom. The molecule has 4 nitrogen and oxygen atoms in total. The van der Waals surface area contributed by atoms with Gasteiger partial charge in [-0.25, -0.2) is 10.2 Å². The minimum Gasteiger partial charge on any atom is -0.359 e. The highest BCUT2D eigenvalue weighted by Gasteiger charge is 2.33. The number of nitrogens with two attached hydrogens (primary N) is 1. The monoisotopic (exact) mass is 251 g/mol. The topological polar surface area (TPSA) is 58.4 Å². The van der Waals surface area contributed by atoms with E-state index in [9.17, 15) is 9.18 Å². The lowest BCUT2D eigenvalue weighted by Gasteiger charge is -2.31. The van der Waals surface area contributed by atoms with Crippen LogP contribution in [0.2, 0.25) is 0 Å². The average molecular weight is 251 g/mol. The van der Waals surface area contributed by atoms with E-state index in [4.69, 9.17) is 5.84 Å². The van der Waals surface area contributed by atoms with Gasteiger partial charge in [-0.1, -0.05) is 19.9 Å². The molecule has 1 aliphatic rings. The quantitative estimate of drug-likeness (QED) is 0.482. The van der Waals surface area contributed by atoms with Crippen molar-refractivity contribution in [1.82, 2.24) is 5.43 Å². The third kappa shape index (κ3) is 2.18. The first-order valence-corrected chi connectivity index (χ1v) is 6.10. The summed E-state index contributed by atoms with van der Waals surface area (Å²) in [5.74, 6) is 4.81. The Bertz CT molecular complexity index is 462. The van der Waals surface area contributed by atoms with E-state index in [-0.39, 0.29) is 23.7 Å². The Hall–Kier alpha value is -1.62. The Balaban J connectivity index is 2.35. The Morgan fingerprint density at radius 1 is 1.50 bits per heavy atom. The summed E-state index contributed by atoms with van der Waals surface area (Å²) >= 11 is 0. The average Bonchev–Trinajstić information content (AvgIpc) is 2.72. The summed E-state index contributed by atoms with van der Waals surface area (Å²) in [6.07, 6.45) is 0.830. The van der Waals surface area contributed by atoms with Crippen LogP contribution < -0.4 is 16.2 Å². The van der Waals surface area contributed by atoms with Gasteiger partial charge in [0, 0.05) is 12.2 Å². The predicted octanol–water partition coefficient (Wildman–Crippen LogP) is 1.20. The number of rotatable bonds is 3. The second-order valence-electron chi connectivity index (χ2n) is 4.91. The highest BCUT2D eigenvalue weighted by Crippen LogP contribution is 2.32. The first kappa shape index (κ1) is 12.8. The first-order valence-electron chi connectivity index (χ1n) is 6.10. The fraction of sp³-hybridized carbons (Fsp3) is 0.462. The van der Waals surface area contributed by atoms with Gasteiger partial charge in [-0.05, 0) is 30.0 Å². The number of carbonyl (C=O) groups excluding carboxylic acids is 1. The fourth-order valence-corrected chi connectivity index (χ4v) is 2.56. The molecule has 1 heterocycles. The van der Waals surface area contributed by atoms with E-state index in [0.717, 1.165) is 24.2 Å². The van der Waals surface area contributed by atoms with Crippen molar-refractivity contribution in [3.63, 3.8) is 0 Å². The van der Waals surface area contributed by atoms with Gasteiger partial charge in [0.15, 0.2) is 0 Å². The van der Waals surface area contributed by atoms with Crippen molar-refractivity contribution in [3.05, 3.63) is 29.6 Å². The minimum absolute atomic E-state index is 0.0998. The van der Waals surface area contributed by atoms with Gasteiger partial charge in [-0.15, -0.1) is 0 Å². The lowest BCUT2D eigenvalue weighted by molar-refractivity contribution is -0.123. The number of fused-ring (bicyclic) bond motifs is 1. The lowest BCUT2D eigenvalue weighted by Crippen LogP contribution is -2.51. The van der Waals surface area contributed by atoms with Gasteiger partial charge in [0.25, 0.3) is 5.91 Å². The molecule has 0 bridgehead atoms.